The van der Waals surface area contributed by atoms with Crippen molar-refractivity contribution in [3.05, 3.63) is 65.4 Å². The third-order valence-electron chi connectivity index (χ3n) is 3.29. The summed E-state index contributed by atoms with van der Waals surface area (Å²) in [6, 6.07) is 4.80. The highest BCUT2D eigenvalue weighted by Gasteiger charge is 2.16. The minimum absolute atomic E-state index is 0.0666. The molecule has 0 saturated heterocycles. The average Bonchev–Trinajstić information content (AvgIpc) is 2.97. The Balaban J connectivity index is 1.93. The van der Waals surface area contributed by atoms with Gasteiger partial charge < -0.3 is 10.4 Å². The van der Waals surface area contributed by atoms with Crippen LogP contribution in [0.25, 0.3) is 5.65 Å². The van der Waals surface area contributed by atoms with E-state index in [0.29, 0.717) is 5.65 Å². The number of carboxylic acids is 1. The lowest BCUT2D eigenvalue weighted by Gasteiger charge is -2.11. The van der Waals surface area contributed by atoms with Crippen LogP contribution in [0.2, 0.25) is 0 Å². The van der Waals surface area contributed by atoms with E-state index in [2.05, 4.69) is 10.3 Å². The normalized spacial score (nSPS) is 10.9. The van der Waals surface area contributed by atoms with Gasteiger partial charge in [0.25, 0.3) is 0 Å². The van der Waals surface area contributed by atoms with Crippen molar-refractivity contribution in [3.63, 3.8) is 0 Å². The van der Waals surface area contributed by atoms with Gasteiger partial charge in [0.2, 0.25) is 0 Å². The van der Waals surface area contributed by atoms with Gasteiger partial charge in [-0.15, -0.1) is 0 Å². The summed E-state index contributed by atoms with van der Waals surface area (Å²) in [6.45, 7) is -0.0748. The van der Waals surface area contributed by atoms with E-state index in [-0.39, 0.29) is 23.5 Å². The molecule has 0 bridgehead atoms. The number of carboxylic acid groups (broad SMARTS) is 1. The summed E-state index contributed by atoms with van der Waals surface area (Å²) in [5.74, 6) is -5.33. The van der Waals surface area contributed by atoms with Crippen LogP contribution in [-0.2, 0) is 6.54 Å². The fourth-order valence-corrected chi connectivity index (χ4v) is 2.26. The number of fused-ring (bicyclic) bond motifs is 1. The monoisotopic (exact) mass is 321 g/mol. The van der Waals surface area contributed by atoms with Gasteiger partial charge in [-0.05, 0) is 29.8 Å². The van der Waals surface area contributed by atoms with Gasteiger partial charge in [0, 0.05) is 18.9 Å². The summed E-state index contributed by atoms with van der Waals surface area (Å²) in [6.07, 6.45) is 2.94. The van der Waals surface area contributed by atoms with E-state index in [1.54, 1.807) is 6.07 Å². The Bertz CT molecular complexity index is 885. The second kappa shape index (κ2) is 5.64. The second-order valence-electron chi connectivity index (χ2n) is 4.78. The van der Waals surface area contributed by atoms with Crippen LogP contribution in [0.3, 0.4) is 0 Å². The lowest BCUT2D eigenvalue weighted by Crippen LogP contribution is -2.11. The summed E-state index contributed by atoms with van der Waals surface area (Å²) in [5.41, 5.74) is 0.770. The van der Waals surface area contributed by atoms with Crippen molar-refractivity contribution in [2.75, 3.05) is 5.32 Å². The summed E-state index contributed by atoms with van der Waals surface area (Å²) in [5, 5.41) is 12.1. The van der Waals surface area contributed by atoms with E-state index in [9.17, 15) is 23.1 Å². The fraction of sp³-hybridized carbons (Fsp3) is 0.0667. The molecule has 0 radical (unpaired) electrons. The van der Waals surface area contributed by atoms with Crippen molar-refractivity contribution in [3.8, 4) is 0 Å². The van der Waals surface area contributed by atoms with Crippen LogP contribution in [-0.4, -0.2) is 20.5 Å². The second-order valence-corrected chi connectivity index (χ2v) is 4.78. The maximum Gasteiger partial charge on any atom is 0.355 e. The zero-order chi connectivity index (χ0) is 16.6. The molecule has 0 unspecified atom stereocenters. The molecule has 8 heteroatoms. The molecule has 0 aliphatic heterocycles. The molecular formula is C15H10F3N3O2. The lowest BCUT2D eigenvalue weighted by atomic mass is 10.2. The zero-order valence-corrected chi connectivity index (χ0v) is 11.6. The molecule has 118 valence electrons. The number of hydrogen-bond acceptors (Lipinski definition) is 3. The molecule has 5 nitrogen and oxygen atoms in total. The van der Waals surface area contributed by atoms with E-state index in [0.717, 1.165) is 12.1 Å². The minimum atomic E-state index is -1.54. The Morgan fingerprint density at radius 2 is 1.91 bits per heavy atom. The van der Waals surface area contributed by atoms with Gasteiger partial charge >= 0.3 is 5.97 Å². The fourth-order valence-electron chi connectivity index (χ4n) is 2.26. The molecule has 1 aromatic carbocycles. The van der Waals surface area contributed by atoms with Crippen LogP contribution in [0, 0.1) is 17.5 Å². The number of pyridine rings is 1. The van der Waals surface area contributed by atoms with Crippen molar-refractivity contribution in [2.24, 2.45) is 0 Å². The van der Waals surface area contributed by atoms with Crippen LogP contribution < -0.4 is 5.32 Å². The molecule has 2 N–H and O–H groups in total. The summed E-state index contributed by atoms with van der Waals surface area (Å²) in [7, 11) is 0. The van der Waals surface area contributed by atoms with Crippen molar-refractivity contribution in [1.82, 2.24) is 9.38 Å². The van der Waals surface area contributed by atoms with Crippen molar-refractivity contribution >= 4 is 17.3 Å². The average molecular weight is 321 g/mol. The Labute approximate surface area is 128 Å². The van der Waals surface area contributed by atoms with Gasteiger partial charge in [-0.3, -0.25) is 4.40 Å². The molecule has 2 heterocycles. The summed E-state index contributed by atoms with van der Waals surface area (Å²) in [4.78, 5) is 15.4. The van der Waals surface area contributed by atoms with Gasteiger partial charge in [-0.25, -0.2) is 22.9 Å². The molecule has 0 spiro atoms. The van der Waals surface area contributed by atoms with E-state index < -0.39 is 23.4 Å². The number of imidazole rings is 1. The van der Waals surface area contributed by atoms with Crippen molar-refractivity contribution in [1.29, 1.82) is 0 Å². The van der Waals surface area contributed by atoms with Crippen LogP contribution in [0.4, 0.5) is 18.9 Å². The Morgan fingerprint density at radius 3 is 2.57 bits per heavy atom. The Morgan fingerprint density at radius 1 is 1.22 bits per heavy atom. The molecule has 23 heavy (non-hydrogen) atoms. The number of halogens is 3. The molecule has 3 aromatic rings. The lowest BCUT2D eigenvalue weighted by molar-refractivity contribution is 0.0690. The Hall–Kier alpha value is -3.03. The molecular weight excluding hydrogens is 311 g/mol. The van der Waals surface area contributed by atoms with Gasteiger partial charge in [0.1, 0.15) is 5.65 Å². The number of carbonyl (C=O) groups is 1. The molecule has 0 amide bonds. The predicted molar refractivity (Wildman–Crippen MR) is 75.8 cm³/mol. The molecule has 0 aliphatic rings. The topological polar surface area (TPSA) is 66.6 Å². The van der Waals surface area contributed by atoms with Crippen LogP contribution >= 0.6 is 0 Å². The smallest absolute Gasteiger partial charge is 0.355 e. The van der Waals surface area contributed by atoms with Gasteiger partial charge in [-0.1, -0.05) is 0 Å². The number of nitrogens with one attached hydrogen (secondary N) is 1. The van der Waals surface area contributed by atoms with Crippen LogP contribution in [0.1, 0.15) is 16.1 Å². The van der Waals surface area contributed by atoms with E-state index in [4.69, 9.17) is 0 Å². The first kappa shape index (κ1) is 14.9. The van der Waals surface area contributed by atoms with E-state index in [1.807, 2.05) is 0 Å². The standard InChI is InChI=1S/C15H10F3N3O2/c16-9-5-8(6-10(17)13(9)18)7-20-11-1-2-12-19-3-4-21(12)14(11)15(22)23/h1-6,20H,7H2,(H,22,23). The molecule has 0 saturated carbocycles. The number of hydrogen-bond donors (Lipinski definition) is 2. The quantitative estimate of drug-likeness (QED) is 0.725. The molecule has 0 fully saturated rings. The number of rotatable bonds is 4. The van der Waals surface area contributed by atoms with Crippen molar-refractivity contribution < 1.29 is 23.1 Å². The SMILES string of the molecule is O=C(O)c1c(NCc2cc(F)c(F)c(F)c2)ccc2nccn12. The molecule has 2 aromatic heterocycles. The third-order valence-corrected chi connectivity index (χ3v) is 3.29. The van der Waals surface area contributed by atoms with Crippen LogP contribution in [0.5, 0.6) is 0 Å². The first-order valence-electron chi connectivity index (χ1n) is 6.54. The first-order valence-corrected chi connectivity index (χ1v) is 6.54. The van der Waals surface area contributed by atoms with E-state index in [1.165, 1.54) is 22.9 Å². The van der Waals surface area contributed by atoms with Gasteiger partial charge in [0.05, 0.1) is 5.69 Å². The summed E-state index contributed by atoms with van der Waals surface area (Å²) >= 11 is 0. The first-order chi connectivity index (χ1) is 11.0. The van der Waals surface area contributed by atoms with Gasteiger partial charge in [0.15, 0.2) is 23.1 Å². The van der Waals surface area contributed by atoms with Gasteiger partial charge in [-0.2, -0.15) is 0 Å². The molecule has 0 atom stereocenters. The maximum absolute atomic E-state index is 13.2. The predicted octanol–water partition coefficient (Wildman–Crippen LogP) is 3.06. The maximum atomic E-state index is 13.2. The van der Waals surface area contributed by atoms with Crippen LogP contribution in [0.15, 0.2) is 36.7 Å². The highest BCUT2D eigenvalue weighted by Crippen LogP contribution is 2.20. The van der Waals surface area contributed by atoms with E-state index >= 15 is 0 Å². The minimum Gasteiger partial charge on any atom is -0.476 e. The number of nitrogens with zero attached hydrogens (tertiary/aromatic N) is 2. The Kier molecular flexibility index (Phi) is 3.65. The molecule has 0 aliphatic carbocycles. The highest BCUT2D eigenvalue weighted by molar-refractivity contribution is 5.93. The highest BCUT2D eigenvalue weighted by atomic mass is 19.2. The number of benzene rings is 1. The largest absolute Gasteiger partial charge is 0.476 e. The summed E-state index contributed by atoms with van der Waals surface area (Å²) < 4.78 is 40.7. The molecule has 3 rings (SSSR count). The third kappa shape index (κ3) is 2.70. The number of anilines is 1. The van der Waals surface area contributed by atoms with Crippen molar-refractivity contribution in [2.45, 2.75) is 6.54 Å². The number of aromatic carboxylic acids is 1. The number of aromatic nitrogens is 2. The zero-order valence-electron chi connectivity index (χ0n) is 11.6.